The normalized spacial score (nSPS) is 13.6. The van der Waals surface area contributed by atoms with E-state index in [2.05, 4.69) is 19.2 Å². The minimum atomic E-state index is -3.41. The molecule has 1 aromatic carbocycles. The highest BCUT2D eigenvalue weighted by Crippen LogP contribution is 2.21. The summed E-state index contributed by atoms with van der Waals surface area (Å²) in [7, 11) is -1.55. The van der Waals surface area contributed by atoms with Crippen molar-refractivity contribution in [3.05, 3.63) is 29.3 Å². The van der Waals surface area contributed by atoms with Crippen molar-refractivity contribution in [1.29, 1.82) is 0 Å². The number of rotatable bonds is 8. The van der Waals surface area contributed by atoms with E-state index in [1.165, 1.54) is 0 Å². The minimum absolute atomic E-state index is 0.363. The summed E-state index contributed by atoms with van der Waals surface area (Å²) < 4.78 is 27.2. The number of sulfonamides is 1. The lowest BCUT2D eigenvalue weighted by Gasteiger charge is -2.24. The van der Waals surface area contributed by atoms with Gasteiger partial charge in [-0.2, -0.15) is 4.31 Å². The van der Waals surface area contributed by atoms with Crippen LogP contribution in [0.5, 0.6) is 0 Å². The first-order valence-electron chi connectivity index (χ1n) is 7.61. The molecule has 5 heteroatoms. The molecule has 0 aliphatic rings. The van der Waals surface area contributed by atoms with E-state index in [0.717, 1.165) is 17.5 Å². The molecule has 0 aromatic heterocycles. The predicted octanol–water partition coefficient (Wildman–Crippen LogP) is 2.77. The molecule has 4 nitrogen and oxygen atoms in total. The standard InChI is InChI=1S/C16H28N2O2S/c1-6-13(3)12-18(7-2)21(19,20)16-9-8-14(4)15(10-16)11-17-5/h8-10,13,17H,6-7,11-12H2,1-5H3. The Balaban J connectivity index is 3.13. The summed E-state index contributed by atoms with van der Waals surface area (Å²) in [5.74, 6) is 0.363. The van der Waals surface area contributed by atoms with Gasteiger partial charge in [-0.3, -0.25) is 0 Å². The Morgan fingerprint density at radius 3 is 2.48 bits per heavy atom. The Morgan fingerprint density at radius 1 is 1.29 bits per heavy atom. The second-order valence-electron chi connectivity index (χ2n) is 5.59. The molecule has 0 aliphatic heterocycles. The molecule has 0 spiro atoms. The Morgan fingerprint density at radius 2 is 1.95 bits per heavy atom. The summed E-state index contributed by atoms with van der Waals surface area (Å²) in [4.78, 5) is 0.392. The topological polar surface area (TPSA) is 49.4 Å². The average molecular weight is 312 g/mol. The Kier molecular flexibility index (Phi) is 6.84. The van der Waals surface area contributed by atoms with Gasteiger partial charge in [-0.05, 0) is 43.1 Å². The fourth-order valence-electron chi connectivity index (χ4n) is 2.21. The highest BCUT2D eigenvalue weighted by atomic mass is 32.2. The maximum Gasteiger partial charge on any atom is 0.243 e. The van der Waals surface area contributed by atoms with Crippen LogP contribution in [0.25, 0.3) is 0 Å². The van der Waals surface area contributed by atoms with Crippen LogP contribution < -0.4 is 5.32 Å². The van der Waals surface area contributed by atoms with Crippen molar-refractivity contribution in [3.63, 3.8) is 0 Å². The third kappa shape index (κ3) is 4.53. The third-order valence-corrected chi connectivity index (χ3v) is 5.83. The minimum Gasteiger partial charge on any atom is -0.316 e. The van der Waals surface area contributed by atoms with E-state index in [-0.39, 0.29) is 0 Å². The van der Waals surface area contributed by atoms with E-state index in [0.29, 0.717) is 30.4 Å². The number of nitrogens with one attached hydrogen (secondary N) is 1. The van der Waals surface area contributed by atoms with Gasteiger partial charge < -0.3 is 5.32 Å². The molecule has 0 bridgehead atoms. The van der Waals surface area contributed by atoms with Crippen LogP contribution in [0.2, 0.25) is 0 Å². The van der Waals surface area contributed by atoms with E-state index >= 15 is 0 Å². The molecule has 0 amide bonds. The first-order valence-corrected chi connectivity index (χ1v) is 9.05. The number of hydrogen-bond donors (Lipinski definition) is 1. The van der Waals surface area contributed by atoms with Gasteiger partial charge in [-0.15, -0.1) is 0 Å². The van der Waals surface area contributed by atoms with Crippen molar-refractivity contribution >= 4 is 10.0 Å². The lowest BCUT2D eigenvalue weighted by atomic mass is 10.1. The van der Waals surface area contributed by atoms with Gasteiger partial charge in [0.05, 0.1) is 4.90 Å². The van der Waals surface area contributed by atoms with Crippen molar-refractivity contribution in [2.75, 3.05) is 20.1 Å². The summed E-state index contributed by atoms with van der Waals surface area (Å²) in [5, 5.41) is 3.08. The summed E-state index contributed by atoms with van der Waals surface area (Å²) in [5.41, 5.74) is 2.13. The average Bonchev–Trinajstić information content (AvgIpc) is 2.46. The molecule has 0 saturated carbocycles. The molecule has 1 unspecified atom stereocenters. The van der Waals surface area contributed by atoms with E-state index < -0.39 is 10.0 Å². The second-order valence-corrected chi connectivity index (χ2v) is 7.53. The zero-order chi connectivity index (χ0) is 16.0. The largest absolute Gasteiger partial charge is 0.316 e. The molecule has 21 heavy (non-hydrogen) atoms. The summed E-state index contributed by atoms with van der Waals surface area (Å²) >= 11 is 0. The van der Waals surface area contributed by atoms with Crippen molar-refractivity contribution in [2.24, 2.45) is 5.92 Å². The van der Waals surface area contributed by atoms with Crippen LogP contribution in [-0.2, 0) is 16.6 Å². The molecule has 0 fully saturated rings. The number of hydrogen-bond acceptors (Lipinski definition) is 3. The van der Waals surface area contributed by atoms with Gasteiger partial charge in [0.25, 0.3) is 0 Å². The fraction of sp³-hybridized carbons (Fsp3) is 0.625. The predicted molar refractivity (Wildman–Crippen MR) is 87.8 cm³/mol. The van der Waals surface area contributed by atoms with Gasteiger partial charge in [0.2, 0.25) is 10.0 Å². The molecular formula is C16H28N2O2S. The van der Waals surface area contributed by atoms with E-state index in [1.807, 2.05) is 27.0 Å². The first kappa shape index (κ1) is 18.1. The number of aryl methyl sites for hydroxylation is 1. The molecule has 120 valence electrons. The van der Waals surface area contributed by atoms with Crippen LogP contribution in [0, 0.1) is 12.8 Å². The monoisotopic (exact) mass is 312 g/mol. The van der Waals surface area contributed by atoms with E-state index in [4.69, 9.17) is 0 Å². The van der Waals surface area contributed by atoms with Gasteiger partial charge in [0.15, 0.2) is 0 Å². The maximum absolute atomic E-state index is 12.8. The Labute approximate surface area is 129 Å². The SMILES string of the molecule is CCC(C)CN(CC)S(=O)(=O)c1ccc(C)c(CNC)c1. The molecule has 1 atom stereocenters. The highest BCUT2D eigenvalue weighted by molar-refractivity contribution is 7.89. The molecule has 0 radical (unpaired) electrons. The van der Waals surface area contributed by atoms with Gasteiger partial charge in [-0.1, -0.05) is 33.3 Å². The fourth-order valence-corrected chi connectivity index (χ4v) is 3.83. The zero-order valence-corrected chi connectivity index (χ0v) is 14.6. The Bertz CT molecular complexity index is 555. The molecule has 0 aliphatic carbocycles. The molecular weight excluding hydrogens is 284 g/mol. The molecule has 1 N–H and O–H groups in total. The Hall–Kier alpha value is -0.910. The van der Waals surface area contributed by atoms with Gasteiger partial charge in [0.1, 0.15) is 0 Å². The van der Waals surface area contributed by atoms with Crippen molar-refractivity contribution < 1.29 is 8.42 Å². The van der Waals surface area contributed by atoms with E-state index in [1.54, 1.807) is 16.4 Å². The van der Waals surface area contributed by atoms with Crippen LogP contribution in [0.4, 0.5) is 0 Å². The van der Waals surface area contributed by atoms with Crippen LogP contribution in [-0.4, -0.2) is 32.9 Å². The zero-order valence-electron chi connectivity index (χ0n) is 13.8. The van der Waals surface area contributed by atoms with Gasteiger partial charge in [-0.25, -0.2) is 8.42 Å². The van der Waals surface area contributed by atoms with Crippen molar-refractivity contribution in [3.8, 4) is 0 Å². The molecule has 1 rings (SSSR count). The smallest absolute Gasteiger partial charge is 0.243 e. The lowest BCUT2D eigenvalue weighted by Crippen LogP contribution is -2.34. The van der Waals surface area contributed by atoms with E-state index in [9.17, 15) is 8.42 Å². The van der Waals surface area contributed by atoms with Crippen LogP contribution in [0.15, 0.2) is 23.1 Å². The molecule has 1 aromatic rings. The van der Waals surface area contributed by atoms with Crippen LogP contribution >= 0.6 is 0 Å². The molecule has 0 saturated heterocycles. The van der Waals surface area contributed by atoms with Crippen molar-refractivity contribution in [2.45, 2.75) is 45.6 Å². The van der Waals surface area contributed by atoms with Crippen LogP contribution in [0.3, 0.4) is 0 Å². The third-order valence-electron chi connectivity index (χ3n) is 3.89. The molecule has 0 heterocycles. The van der Waals surface area contributed by atoms with Gasteiger partial charge in [0, 0.05) is 19.6 Å². The maximum atomic E-state index is 12.8. The summed E-state index contributed by atoms with van der Waals surface area (Å²) in [6, 6.07) is 5.39. The summed E-state index contributed by atoms with van der Waals surface area (Å²) in [6.07, 6.45) is 0.977. The first-order chi connectivity index (χ1) is 9.86. The quantitative estimate of drug-likeness (QED) is 0.803. The number of nitrogens with zero attached hydrogens (tertiary/aromatic N) is 1. The van der Waals surface area contributed by atoms with Gasteiger partial charge >= 0.3 is 0 Å². The van der Waals surface area contributed by atoms with Crippen molar-refractivity contribution in [1.82, 2.24) is 9.62 Å². The highest BCUT2D eigenvalue weighted by Gasteiger charge is 2.24. The summed E-state index contributed by atoms with van der Waals surface area (Å²) in [6.45, 7) is 9.81. The lowest BCUT2D eigenvalue weighted by molar-refractivity contribution is 0.361. The number of benzene rings is 1. The second kappa shape index (κ2) is 7.92. The van der Waals surface area contributed by atoms with Crippen LogP contribution in [0.1, 0.15) is 38.3 Å².